The maximum absolute atomic E-state index is 11.9. The normalized spacial score (nSPS) is 17.0. The van der Waals surface area contributed by atoms with Crippen LogP contribution in [0, 0.1) is 0 Å². The number of methoxy groups -OCH3 is 1. The minimum atomic E-state index is -0.144. The predicted molar refractivity (Wildman–Crippen MR) is 96.4 cm³/mol. The number of nitrogens with zero attached hydrogens (tertiary/aromatic N) is 2. The van der Waals surface area contributed by atoms with Gasteiger partial charge in [-0.3, -0.25) is 4.79 Å². The second-order valence-electron chi connectivity index (χ2n) is 6.28. The summed E-state index contributed by atoms with van der Waals surface area (Å²) in [6, 6.07) is 7.63. The molecule has 1 aromatic carbocycles. The Morgan fingerprint density at radius 3 is 3.15 bits per heavy atom. The molecule has 1 N–H and O–H groups in total. The van der Waals surface area contributed by atoms with Gasteiger partial charge in [0.05, 0.1) is 31.7 Å². The van der Waals surface area contributed by atoms with Gasteiger partial charge in [-0.2, -0.15) is 5.10 Å². The van der Waals surface area contributed by atoms with Crippen LogP contribution in [0.15, 0.2) is 36.7 Å². The fourth-order valence-corrected chi connectivity index (χ4v) is 2.82. The minimum Gasteiger partial charge on any atom is -0.497 e. The highest BCUT2D eigenvalue weighted by molar-refractivity contribution is 5.77. The van der Waals surface area contributed by atoms with E-state index in [1.807, 2.05) is 30.5 Å². The van der Waals surface area contributed by atoms with Crippen molar-refractivity contribution in [1.82, 2.24) is 15.1 Å². The Kier molecular flexibility index (Phi) is 6.62. The zero-order valence-electron chi connectivity index (χ0n) is 15.0. The third-order valence-corrected chi connectivity index (χ3v) is 4.25. The van der Waals surface area contributed by atoms with Crippen molar-refractivity contribution >= 4 is 5.91 Å². The first kappa shape index (κ1) is 18.4. The average molecular weight is 359 g/mol. The largest absolute Gasteiger partial charge is 0.497 e. The van der Waals surface area contributed by atoms with Crippen molar-refractivity contribution in [3.8, 4) is 11.4 Å². The number of rotatable bonds is 8. The number of nitrogens with one attached hydrogen (secondary N) is 1. The summed E-state index contributed by atoms with van der Waals surface area (Å²) in [5.74, 6) is 0.627. The molecular weight excluding hydrogens is 334 g/mol. The molecule has 0 bridgehead atoms. The van der Waals surface area contributed by atoms with Crippen molar-refractivity contribution in [3.05, 3.63) is 42.2 Å². The van der Waals surface area contributed by atoms with Crippen LogP contribution in [0.25, 0.3) is 5.69 Å². The quantitative estimate of drug-likeness (QED) is 0.781. The third-order valence-electron chi connectivity index (χ3n) is 4.25. The van der Waals surface area contributed by atoms with Crippen LogP contribution in [0.1, 0.15) is 24.8 Å². The van der Waals surface area contributed by atoms with Gasteiger partial charge in [0.25, 0.3) is 0 Å². The van der Waals surface area contributed by atoms with Gasteiger partial charge in [-0.1, -0.05) is 6.07 Å². The highest BCUT2D eigenvalue weighted by atomic mass is 16.5. The first-order valence-corrected chi connectivity index (χ1v) is 8.88. The molecule has 1 aromatic heterocycles. The van der Waals surface area contributed by atoms with Crippen LogP contribution >= 0.6 is 0 Å². The van der Waals surface area contributed by atoms with Crippen molar-refractivity contribution in [1.29, 1.82) is 0 Å². The summed E-state index contributed by atoms with van der Waals surface area (Å²) in [7, 11) is 1.63. The SMILES string of the molecule is COc1cccc(-n2cc(CNC(=O)COC[C@@H]3CCCCO3)cn2)c1. The molecule has 1 saturated heterocycles. The molecule has 140 valence electrons. The molecule has 2 heterocycles. The molecule has 26 heavy (non-hydrogen) atoms. The summed E-state index contributed by atoms with van der Waals surface area (Å²) in [6.07, 6.45) is 7.02. The van der Waals surface area contributed by atoms with Crippen LogP contribution in [0.3, 0.4) is 0 Å². The lowest BCUT2D eigenvalue weighted by atomic mass is 10.1. The summed E-state index contributed by atoms with van der Waals surface area (Å²) in [5.41, 5.74) is 1.81. The zero-order chi connectivity index (χ0) is 18.2. The van der Waals surface area contributed by atoms with Crippen LogP contribution in [-0.4, -0.2) is 48.7 Å². The molecule has 1 amide bonds. The molecule has 0 aliphatic carbocycles. The summed E-state index contributed by atoms with van der Waals surface area (Å²) >= 11 is 0. The van der Waals surface area contributed by atoms with Crippen LogP contribution in [0.4, 0.5) is 0 Å². The van der Waals surface area contributed by atoms with Gasteiger partial charge in [0.1, 0.15) is 12.4 Å². The van der Waals surface area contributed by atoms with Crippen molar-refractivity contribution in [3.63, 3.8) is 0 Å². The highest BCUT2D eigenvalue weighted by Crippen LogP contribution is 2.16. The second kappa shape index (κ2) is 9.35. The van der Waals surface area contributed by atoms with E-state index >= 15 is 0 Å². The Balaban J connectivity index is 1.41. The number of hydrogen-bond donors (Lipinski definition) is 1. The lowest BCUT2D eigenvalue weighted by molar-refractivity contribution is -0.128. The Morgan fingerprint density at radius 1 is 1.42 bits per heavy atom. The number of benzene rings is 1. The van der Waals surface area contributed by atoms with Gasteiger partial charge in [-0.05, 0) is 31.4 Å². The minimum absolute atomic E-state index is 0.0455. The summed E-state index contributed by atoms with van der Waals surface area (Å²) in [6.45, 7) is 1.72. The Hall–Kier alpha value is -2.38. The molecule has 2 aromatic rings. The van der Waals surface area contributed by atoms with Gasteiger partial charge in [0, 0.05) is 31.0 Å². The maximum Gasteiger partial charge on any atom is 0.246 e. The van der Waals surface area contributed by atoms with Gasteiger partial charge in [-0.25, -0.2) is 4.68 Å². The number of ether oxygens (including phenoxy) is 3. The van der Waals surface area contributed by atoms with E-state index in [9.17, 15) is 4.79 Å². The zero-order valence-corrected chi connectivity index (χ0v) is 15.0. The molecule has 0 saturated carbocycles. The van der Waals surface area contributed by atoms with E-state index in [-0.39, 0.29) is 18.6 Å². The lowest BCUT2D eigenvalue weighted by Gasteiger charge is -2.22. The van der Waals surface area contributed by atoms with Gasteiger partial charge in [0.15, 0.2) is 0 Å². The standard InChI is InChI=1S/C19H25N3O4/c1-24-17-7-4-5-16(9-17)22-12-15(11-21-22)10-20-19(23)14-25-13-18-6-2-3-8-26-18/h4-5,7,9,11-12,18H,2-3,6,8,10,13-14H2,1H3,(H,20,23)/t18-/m0/s1. The van der Waals surface area contributed by atoms with E-state index in [0.717, 1.165) is 42.9 Å². The molecule has 7 heteroatoms. The van der Waals surface area contributed by atoms with E-state index < -0.39 is 0 Å². The molecule has 1 aliphatic heterocycles. The third kappa shape index (κ3) is 5.31. The fraction of sp³-hybridized carbons (Fsp3) is 0.474. The summed E-state index contributed by atoms with van der Waals surface area (Å²) in [4.78, 5) is 11.9. The number of carbonyl (C=O) groups is 1. The van der Waals surface area contributed by atoms with Crippen molar-refractivity contribution in [2.75, 3.05) is 26.9 Å². The topological polar surface area (TPSA) is 74.6 Å². The molecule has 0 unspecified atom stereocenters. The second-order valence-corrected chi connectivity index (χ2v) is 6.28. The van der Waals surface area contributed by atoms with Gasteiger partial charge >= 0.3 is 0 Å². The Bertz CT molecular complexity index is 710. The van der Waals surface area contributed by atoms with Crippen molar-refractivity contribution < 1.29 is 19.0 Å². The first-order valence-electron chi connectivity index (χ1n) is 8.88. The van der Waals surface area contributed by atoms with E-state index in [4.69, 9.17) is 14.2 Å². The summed E-state index contributed by atoms with van der Waals surface area (Å²) < 4.78 is 18.0. The molecule has 3 rings (SSSR count). The number of hydrogen-bond acceptors (Lipinski definition) is 5. The number of amides is 1. The van der Waals surface area contributed by atoms with Gasteiger partial charge in [-0.15, -0.1) is 0 Å². The first-order chi connectivity index (χ1) is 12.7. The van der Waals surface area contributed by atoms with E-state index in [1.165, 1.54) is 0 Å². The van der Waals surface area contributed by atoms with Gasteiger partial charge in [0.2, 0.25) is 5.91 Å². The van der Waals surface area contributed by atoms with E-state index in [0.29, 0.717) is 13.2 Å². The summed E-state index contributed by atoms with van der Waals surface area (Å²) in [5, 5.41) is 7.17. The molecule has 1 fully saturated rings. The van der Waals surface area contributed by atoms with E-state index in [2.05, 4.69) is 10.4 Å². The molecule has 1 atom stereocenters. The molecular formula is C19H25N3O4. The Labute approximate surface area is 153 Å². The Morgan fingerprint density at radius 2 is 2.35 bits per heavy atom. The smallest absolute Gasteiger partial charge is 0.246 e. The lowest BCUT2D eigenvalue weighted by Crippen LogP contribution is -2.30. The molecule has 1 aliphatic rings. The monoisotopic (exact) mass is 359 g/mol. The van der Waals surface area contributed by atoms with Crippen LogP contribution in [0.2, 0.25) is 0 Å². The molecule has 7 nitrogen and oxygen atoms in total. The predicted octanol–water partition coefficient (Wildman–Crippen LogP) is 2.08. The van der Waals surface area contributed by atoms with Crippen LogP contribution < -0.4 is 10.1 Å². The van der Waals surface area contributed by atoms with Crippen LogP contribution in [0.5, 0.6) is 5.75 Å². The highest BCUT2D eigenvalue weighted by Gasteiger charge is 2.14. The average Bonchev–Trinajstić information content (AvgIpc) is 3.16. The number of aromatic nitrogens is 2. The van der Waals surface area contributed by atoms with E-state index in [1.54, 1.807) is 18.0 Å². The molecule has 0 radical (unpaired) electrons. The fourth-order valence-electron chi connectivity index (χ4n) is 2.82. The van der Waals surface area contributed by atoms with Crippen molar-refractivity contribution in [2.24, 2.45) is 0 Å². The van der Waals surface area contributed by atoms with Gasteiger partial charge < -0.3 is 19.5 Å². The van der Waals surface area contributed by atoms with Crippen molar-refractivity contribution in [2.45, 2.75) is 31.9 Å². The molecule has 0 spiro atoms. The van der Waals surface area contributed by atoms with Crippen LogP contribution in [-0.2, 0) is 20.8 Å². The maximum atomic E-state index is 11.9. The number of carbonyl (C=O) groups excluding carboxylic acids is 1.